The molecule has 0 atom stereocenters. The average Bonchev–Trinajstić information content (AvgIpc) is 2.98. The Morgan fingerprint density at radius 1 is 1.30 bits per heavy atom. The van der Waals surface area contributed by atoms with E-state index in [4.69, 9.17) is 0 Å². The summed E-state index contributed by atoms with van der Waals surface area (Å²) in [5.41, 5.74) is 1.00. The minimum Gasteiger partial charge on any atom is -0.383 e. The van der Waals surface area contributed by atoms with E-state index in [2.05, 4.69) is 26.0 Å². The minimum absolute atomic E-state index is 0.0369. The number of rotatable bonds is 6. The number of carbonyl (C=O) groups is 1. The maximum Gasteiger partial charge on any atom is 0.273 e. The van der Waals surface area contributed by atoms with Crippen LogP contribution in [0.15, 0.2) is 30.5 Å². The summed E-state index contributed by atoms with van der Waals surface area (Å²) in [5, 5.41) is 25.7. The Labute approximate surface area is 113 Å². The third kappa shape index (κ3) is 3.51. The number of hydrogen-bond donors (Lipinski definition) is 3. The summed E-state index contributed by atoms with van der Waals surface area (Å²) >= 11 is 0. The average molecular weight is 276 g/mol. The molecule has 9 nitrogen and oxygen atoms in total. The van der Waals surface area contributed by atoms with Crippen LogP contribution in [-0.2, 0) is 0 Å². The predicted molar refractivity (Wildman–Crippen MR) is 70.3 cm³/mol. The van der Waals surface area contributed by atoms with Crippen LogP contribution in [0.1, 0.15) is 10.5 Å². The molecule has 0 bridgehead atoms. The highest BCUT2D eigenvalue weighted by Gasteiger charge is 2.07. The van der Waals surface area contributed by atoms with E-state index >= 15 is 0 Å². The van der Waals surface area contributed by atoms with Crippen LogP contribution in [-0.4, -0.2) is 39.3 Å². The summed E-state index contributed by atoms with van der Waals surface area (Å²) < 4.78 is 0. The zero-order valence-corrected chi connectivity index (χ0v) is 10.4. The van der Waals surface area contributed by atoms with Crippen LogP contribution in [0, 0.1) is 10.1 Å². The Bertz CT molecular complexity index is 581. The first-order valence-corrected chi connectivity index (χ1v) is 5.79. The maximum absolute atomic E-state index is 11.5. The number of nitro groups is 1. The summed E-state index contributed by atoms with van der Waals surface area (Å²) in [6, 6.07) is 6.04. The monoisotopic (exact) mass is 276 g/mol. The van der Waals surface area contributed by atoms with Crippen LogP contribution in [0.2, 0.25) is 0 Å². The van der Waals surface area contributed by atoms with Crippen molar-refractivity contribution < 1.29 is 9.72 Å². The maximum atomic E-state index is 11.5. The van der Waals surface area contributed by atoms with Gasteiger partial charge in [0.05, 0.1) is 11.1 Å². The lowest BCUT2D eigenvalue weighted by Crippen LogP contribution is -2.29. The highest BCUT2D eigenvalue weighted by Crippen LogP contribution is 2.14. The van der Waals surface area contributed by atoms with Crippen LogP contribution >= 0.6 is 0 Å². The molecule has 0 aliphatic rings. The number of H-pyrrole nitrogens is 1. The van der Waals surface area contributed by atoms with Crippen LogP contribution < -0.4 is 10.6 Å². The molecule has 2 rings (SSSR count). The lowest BCUT2D eigenvalue weighted by molar-refractivity contribution is -0.384. The van der Waals surface area contributed by atoms with Gasteiger partial charge in [-0.25, -0.2) is 0 Å². The van der Waals surface area contributed by atoms with Crippen LogP contribution in [0.25, 0.3) is 0 Å². The van der Waals surface area contributed by atoms with Crippen LogP contribution in [0.3, 0.4) is 0 Å². The van der Waals surface area contributed by atoms with E-state index < -0.39 is 4.92 Å². The van der Waals surface area contributed by atoms with E-state index in [-0.39, 0.29) is 17.3 Å². The molecule has 3 N–H and O–H groups in total. The number of hydrogen-bond acceptors (Lipinski definition) is 6. The zero-order chi connectivity index (χ0) is 14.4. The molecule has 0 fully saturated rings. The number of benzene rings is 1. The highest BCUT2D eigenvalue weighted by molar-refractivity contribution is 5.91. The van der Waals surface area contributed by atoms with E-state index in [0.717, 1.165) is 5.69 Å². The molecule has 0 saturated carbocycles. The molecule has 0 radical (unpaired) electrons. The van der Waals surface area contributed by atoms with Crippen molar-refractivity contribution in [1.82, 2.24) is 20.7 Å². The number of aromatic nitrogens is 3. The van der Waals surface area contributed by atoms with Gasteiger partial charge in [0.1, 0.15) is 0 Å². The number of nitro benzene ring substituents is 1. The van der Waals surface area contributed by atoms with Crippen molar-refractivity contribution in [2.45, 2.75) is 0 Å². The molecule has 2 aromatic rings. The Balaban J connectivity index is 1.73. The second kappa shape index (κ2) is 6.27. The van der Waals surface area contributed by atoms with E-state index in [9.17, 15) is 14.9 Å². The van der Waals surface area contributed by atoms with Crippen LogP contribution in [0.5, 0.6) is 0 Å². The SMILES string of the molecule is O=C(NCCNc1ccc([N+](=O)[O-])cc1)c1cn[nH]n1. The molecule has 1 heterocycles. The normalized spacial score (nSPS) is 10.0. The molecular weight excluding hydrogens is 264 g/mol. The number of non-ortho nitro benzene ring substituents is 1. The standard InChI is InChI=1S/C11H12N6O3/c18-11(10-7-14-16-15-10)13-6-5-12-8-1-3-9(4-2-8)17(19)20/h1-4,7,12H,5-6H2,(H,13,18)(H,14,15,16). The van der Waals surface area contributed by atoms with Gasteiger partial charge in [0.2, 0.25) is 0 Å². The summed E-state index contributed by atoms with van der Waals surface area (Å²) in [6.07, 6.45) is 1.33. The summed E-state index contributed by atoms with van der Waals surface area (Å²) in [7, 11) is 0. The first kappa shape index (κ1) is 13.5. The smallest absolute Gasteiger partial charge is 0.273 e. The summed E-state index contributed by atoms with van der Waals surface area (Å²) in [4.78, 5) is 21.5. The van der Waals surface area contributed by atoms with Gasteiger partial charge in [-0.3, -0.25) is 14.9 Å². The fourth-order valence-corrected chi connectivity index (χ4v) is 1.49. The van der Waals surface area contributed by atoms with Gasteiger partial charge >= 0.3 is 0 Å². The molecule has 1 aromatic heterocycles. The topological polar surface area (TPSA) is 126 Å². The van der Waals surface area contributed by atoms with Gasteiger partial charge in [-0.05, 0) is 12.1 Å². The molecule has 1 aromatic carbocycles. The molecule has 0 spiro atoms. The first-order valence-electron chi connectivity index (χ1n) is 5.79. The van der Waals surface area contributed by atoms with E-state index in [0.29, 0.717) is 13.1 Å². The van der Waals surface area contributed by atoms with Crippen molar-refractivity contribution in [3.05, 3.63) is 46.3 Å². The van der Waals surface area contributed by atoms with Gasteiger partial charge in [0.25, 0.3) is 11.6 Å². The molecule has 0 saturated heterocycles. The number of aromatic amines is 1. The summed E-state index contributed by atoms with van der Waals surface area (Å²) in [5.74, 6) is -0.316. The number of nitrogens with zero attached hydrogens (tertiary/aromatic N) is 3. The van der Waals surface area contributed by atoms with Crippen molar-refractivity contribution in [3.63, 3.8) is 0 Å². The number of nitrogens with one attached hydrogen (secondary N) is 3. The number of carbonyl (C=O) groups excluding carboxylic acids is 1. The van der Waals surface area contributed by atoms with E-state index in [1.807, 2.05) is 0 Å². The highest BCUT2D eigenvalue weighted by atomic mass is 16.6. The fraction of sp³-hybridized carbons (Fsp3) is 0.182. The largest absolute Gasteiger partial charge is 0.383 e. The molecule has 0 aliphatic heterocycles. The van der Waals surface area contributed by atoms with Crippen molar-refractivity contribution in [2.75, 3.05) is 18.4 Å². The minimum atomic E-state index is -0.456. The van der Waals surface area contributed by atoms with Crippen molar-refractivity contribution >= 4 is 17.3 Å². The van der Waals surface area contributed by atoms with Gasteiger partial charge in [-0.15, -0.1) is 0 Å². The lowest BCUT2D eigenvalue weighted by Gasteiger charge is -2.06. The van der Waals surface area contributed by atoms with E-state index in [1.54, 1.807) is 12.1 Å². The molecule has 0 aliphatic carbocycles. The quantitative estimate of drug-likeness (QED) is 0.402. The molecular formula is C11H12N6O3. The van der Waals surface area contributed by atoms with Crippen molar-refractivity contribution in [1.29, 1.82) is 0 Å². The molecule has 9 heteroatoms. The Hall–Kier alpha value is -2.97. The van der Waals surface area contributed by atoms with Gasteiger partial charge in [-0.2, -0.15) is 15.4 Å². The van der Waals surface area contributed by atoms with Crippen molar-refractivity contribution in [2.24, 2.45) is 0 Å². The zero-order valence-electron chi connectivity index (χ0n) is 10.4. The van der Waals surface area contributed by atoms with Crippen molar-refractivity contribution in [3.8, 4) is 0 Å². The predicted octanol–water partition coefficient (Wildman–Crippen LogP) is 0.555. The Kier molecular flexibility index (Phi) is 4.22. The fourth-order valence-electron chi connectivity index (χ4n) is 1.49. The molecule has 104 valence electrons. The molecule has 20 heavy (non-hydrogen) atoms. The van der Waals surface area contributed by atoms with Crippen LogP contribution in [0.4, 0.5) is 11.4 Å². The first-order chi connectivity index (χ1) is 9.66. The van der Waals surface area contributed by atoms with Gasteiger partial charge in [0, 0.05) is 30.9 Å². The lowest BCUT2D eigenvalue weighted by atomic mass is 10.3. The Morgan fingerprint density at radius 2 is 2.05 bits per heavy atom. The van der Waals surface area contributed by atoms with Gasteiger partial charge < -0.3 is 10.6 Å². The van der Waals surface area contributed by atoms with Gasteiger partial charge in [-0.1, -0.05) is 0 Å². The number of amides is 1. The third-order valence-corrected chi connectivity index (χ3v) is 2.47. The molecule has 1 amide bonds. The number of anilines is 1. The third-order valence-electron chi connectivity index (χ3n) is 2.47. The second-order valence-electron chi connectivity index (χ2n) is 3.84. The van der Waals surface area contributed by atoms with E-state index in [1.165, 1.54) is 18.3 Å². The summed E-state index contributed by atoms with van der Waals surface area (Å²) in [6.45, 7) is 0.879. The Morgan fingerprint density at radius 3 is 2.65 bits per heavy atom. The second-order valence-corrected chi connectivity index (χ2v) is 3.84. The van der Waals surface area contributed by atoms with Gasteiger partial charge in [0.15, 0.2) is 5.69 Å². The molecule has 0 unspecified atom stereocenters.